The van der Waals surface area contributed by atoms with Crippen LogP contribution < -0.4 is 0 Å². The zero-order valence-electron chi connectivity index (χ0n) is 11.4. The van der Waals surface area contributed by atoms with Crippen LogP contribution in [0, 0.1) is 23.3 Å². The van der Waals surface area contributed by atoms with E-state index in [1.807, 2.05) is 0 Å². The van der Waals surface area contributed by atoms with E-state index in [0.29, 0.717) is 6.42 Å². The van der Waals surface area contributed by atoms with Crippen molar-refractivity contribution in [1.29, 1.82) is 0 Å². The molecule has 0 aromatic heterocycles. The first kappa shape index (κ1) is 16.0. The minimum atomic E-state index is -1.17. The highest BCUT2D eigenvalue weighted by Gasteiger charge is 2.06. The molecule has 0 spiro atoms. The van der Waals surface area contributed by atoms with Gasteiger partial charge < -0.3 is 4.79 Å². The van der Waals surface area contributed by atoms with Crippen LogP contribution in [0.15, 0.2) is 0 Å². The molecular formula is C15H24OSi. The molecule has 0 atom stereocenters. The molecule has 0 heterocycles. The summed E-state index contributed by atoms with van der Waals surface area (Å²) in [6.45, 7) is 6.81. The molecule has 0 bridgehead atoms. The van der Waals surface area contributed by atoms with Crippen molar-refractivity contribution in [1.82, 2.24) is 0 Å². The molecule has 0 aliphatic carbocycles. The summed E-state index contributed by atoms with van der Waals surface area (Å²) in [5, 5.41) is 0. The average molecular weight is 248 g/mol. The van der Waals surface area contributed by atoms with E-state index in [1.165, 1.54) is 0 Å². The van der Waals surface area contributed by atoms with Gasteiger partial charge in [0.25, 0.3) is 0 Å². The highest BCUT2D eigenvalue weighted by molar-refractivity contribution is 6.83. The van der Waals surface area contributed by atoms with E-state index in [4.69, 9.17) is 0 Å². The molecule has 0 aromatic rings. The summed E-state index contributed by atoms with van der Waals surface area (Å²) in [4.78, 5) is 10.1. The topological polar surface area (TPSA) is 17.1 Å². The molecular weight excluding hydrogens is 224 g/mol. The maximum atomic E-state index is 10.1. The van der Waals surface area contributed by atoms with Gasteiger partial charge in [0.15, 0.2) is 0 Å². The van der Waals surface area contributed by atoms with Crippen molar-refractivity contribution in [3.63, 3.8) is 0 Å². The van der Waals surface area contributed by atoms with Gasteiger partial charge in [-0.2, -0.15) is 0 Å². The number of rotatable bonds is 6. The summed E-state index contributed by atoms with van der Waals surface area (Å²) in [7, 11) is -1.17. The second-order valence-corrected chi connectivity index (χ2v) is 9.92. The van der Waals surface area contributed by atoms with Crippen molar-refractivity contribution in [2.45, 2.75) is 64.6 Å². The summed E-state index contributed by atoms with van der Waals surface area (Å²) in [6.07, 6.45) is 7.63. The Kier molecular flexibility index (Phi) is 9.58. The molecule has 2 heteroatoms. The fraction of sp³-hybridized carbons (Fsp3) is 0.667. The molecule has 0 aliphatic rings. The predicted molar refractivity (Wildman–Crippen MR) is 77.3 cm³/mol. The summed E-state index contributed by atoms with van der Waals surface area (Å²) in [5.74, 6) is 9.51. The maximum absolute atomic E-state index is 10.1. The third-order valence-electron chi connectivity index (χ3n) is 2.07. The van der Waals surface area contributed by atoms with E-state index in [0.717, 1.165) is 44.8 Å². The van der Waals surface area contributed by atoms with Gasteiger partial charge in [-0.25, -0.2) is 0 Å². The van der Waals surface area contributed by atoms with Crippen molar-refractivity contribution >= 4 is 14.4 Å². The van der Waals surface area contributed by atoms with Crippen molar-refractivity contribution in [2.24, 2.45) is 0 Å². The lowest BCUT2D eigenvalue weighted by atomic mass is 10.2. The molecule has 0 amide bonds. The third-order valence-corrected chi connectivity index (χ3v) is 2.99. The van der Waals surface area contributed by atoms with E-state index in [9.17, 15) is 4.79 Å². The smallest absolute Gasteiger partial charge is 0.129 e. The number of aldehydes is 1. The quantitative estimate of drug-likeness (QED) is 0.302. The van der Waals surface area contributed by atoms with Crippen molar-refractivity contribution in [2.75, 3.05) is 0 Å². The summed E-state index contributed by atoms with van der Waals surface area (Å²) >= 11 is 0. The second-order valence-electron chi connectivity index (χ2n) is 5.17. The highest BCUT2D eigenvalue weighted by atomic mass is 28.3. The normalized spacial score (nSPS) is 9.82. The van der Waals surface area contributed by atoms with Gasteiger partial charge in [0.05, 0.1) is 0 Å². The van der Waals surface area contributed by atoms with Crippen molar-refractivity contribution in [3.05, 3.63) is 0 Å². The monoisotopic (exact) mass is 248 g/mol. The van der Waals surface area contributed by atoms with Gasteiger partial charge in [-0.3, -0.25) is 0 Å². The minimum absolute atomic E-state index is 0.640. The van der Waals surface area contributed by atoms with Gasteiger partial charge in [0, 0.05) is 25.7 Å². The Bertz CT molecular complexity index is 317. The summed E-state index contributed by atoms with van der Waals surface area (Å²) in [5.41, 5.74) is 3.37. The van der Waals surface area contributed by atoms with Gasteiger partial charge in [0.2, 0.25) is 0 Å². The fourth-order valence-corrected chi connectivity index (χ4v) is 1.86. The van der Waals surface area contributed by atoms with Crippen LogP contribution in [0.25, 0.3) is 0 Å². The maximum Gasteiger partial charge on any atom is 0.129 e. The van der Waals surface area contributed by atoms with Crippen LogP contribution in [0.1, 0.15) is 44.9 Å². The minimum Gasteiger partial charge on any atom is -0.303 e. The molecule has 0 radical (unpaired) electrons. The van der Waals surface area contributed by atoms with Crippen molar-refractivity contribution < 1.29 is 4.79 Å². The Labute approximate surface area is 107 Å². The SMILES string of the molecule is C[Si](C)(C)C#CCCCCC#CCCCC=O. The Balaban J connectivity index is 3.39. The number of carbonyl (C=O) groups excluding carboxylic acids is 1. The molecule has 0 unspecified atom stereocenters. The van der Waals surface area contributed by atoms with Gasteiger partial charge in [0.1, 0.15) is 14.4 Å². The van der Waals surface area contributed by atoms with E-state index >= 15 is 0 Å². The van der Waals surface area contributed by atoms with Crippen LogP contribution in [0.4, 0.5) is 0 Å². The molecule has 94 valence electrons. The Morgan fingerprint density at radius 2 is 1.41 bits per heavy atom. The number of carbonyl (C=O) groups is 1. The van der Waals surface area contributed by atoms with Crippen LogP contribution in [0.3, 0.4) is 0 Å². The van der Waals surface area contributed by atoms with Crippen LogP contribution in [0.2, 0.25) is 19.6 Å². The molecule has 17 heavy (non-hydrogen) atoms. The number of hydrogen-bond donors (Lipinski definition) is 0. The fourth-order valence-electron chi connectivity index (χ4n) is 1.21. The lowest BCUT2D eigenvalue weighted by Crippen LogP contribution is -2.16. The average Bonchev–Trinajstić information content (AvgIpc) is 2.24. The largest absolute Gasteiger partial charge is 0.303 e. The lowest BCUT2D eigenvalue weighted by Gasteiger charge is -2.02. The third kappa shape index (κ3) is 15.0. The Hall–Kier alpha value is -0.993. The van der Waals surface area contributed by atoms with E-state index < -0.39 is 8.07 Å². The van der Waals surface area contributed by atoms with Crippen LogP contribution in [-0.4, -0.2) is 14.4 Å². The molecule has 0 fully saturated rings. The second kappa shape index (κ2) is 10.2. The standard InChI is InChI=1S/C15H24OSi/c1-17(2,3)15-13-11-9-7-5-4-6-8-10-12-14-16/h14H,5,7-12H2,1-3H3. The van der Waals surface area contributed by atoms with E-state index in [1.54, 1.807) is 0 Å². The highest BCUT2D eigenvalue weighted by Crippen LogP contribution is 2.00. The molecule has 0 saturated heterocycles. The van der Waals surface area contributed by atoms with Crippen LogP contribution >= 0.6 is 0 Å². The summed E-state index contributed by atoms with van der Waals surface area (Å²) in [6, 6.07) is 0. The van der Waals surface area contributed by atoms with Gasteiger partial charge in [-0.1, -0.05) is 19.6 Å². The zero-order valence-corrected chi connectivity index (χ0v) is 12.4. The first-order valence-corrected chi connectivity index (χ1v) is 9.95. The molecule has 0 N–H and O–H groups in total. The predicted octanol–water partition coefficient (Wildman–Crippen LogP) is 3.80. The van der Waals surface area contributed by atoms with Gasteiger partial charge >= 0.3 is 0 Å². The van der Waals surface area contributed by atoms with Gasteiger partial charge in [-0.15, -0.1) is 23.3 Å². The number of hydrogen-bond acceptors (Lipinski definition) is 1. The molecule has 0 aromatic carbocycles. The molecule has 1 nitrogen and oxygen atoms in total. The first-order valence-electron chi connectivity index (χ1n) is 6.45. The molecule has 0 aliphatic heterocycles. The lowest BCUT2D eigenvalue weighted by molar-refractivity contribution is -0.107. The van der Waals surface area contributed by atoms with Gasteiger partial charge in [-0.05, 0) is 19.3 Å². The Morgan fingerprint density at radius 3 is 1.94 bits per heavy atom. The van der Waals surface area contributed by atoms with E-state index in [2.05, 4.69) is 42.9 Å². The zero-order chi connectivity index (χ0) is 13.0. The molecule has 0 rings (SSSR count). The summed E-state index contributed by atoms with van der Waals surface area (Å²) < 4.78 is 0. The van der Waals surface area contributed by atoms with Crippen LogP contribution in [0.5, 0.6) is 0 Å². The molecule has 0 saturated carbocycles. The number of unbranched alkanes of at least 4 members (excludes halogenated alkanes) is 5. The van der Waals surface area contributed by atoms with E-state index in [-0.39, 0.29) is 0 Å². The van der Waals surface area contributed by atoms with Crippen LogP contribution in [-0.2, 0) is 4.79 Å². The van der Waals surface area contributed by atoms with Crippen molar-refractivity contribution in [3.8, 4) is 23.3 Å². The Morgan fingerprint density at radius 1 is 0.882 bits per heavy atom. The first-order chi connectivity index (χ1) is 8.06.